The molecule has 0 amide bonds. The molecular weight excluding hydrogens is 264 g/mol. The monoisotopic (exact) mass is 272 g/mol. The summed E-state index contributed by atoms with van der Waals surface area (Å²) in [6, 6.07) is 4.56. The van der Waals surface area contributed by atoms with Crippen molar-refractivity contribution in [3.63, 3.8) is 0 Å². The number of carbonyl (C=O) groups is 2. The van der Waals surface area contributed by atoms with E-state index < -0.39 is 28.8 Å². The second-order valence-electron chi connectivity index (χ2n) is 4.40. The van der Waals surface area contributed by atoms with Gasteiger partial charge in [-0.05, 0) is 24.3 Å². The Balaban J connectivity index is 2.38. The van der Waals surface area contributed by atoms with Crippen LogP contribution in [0.2, 0.25) is 0 Å². The molecule has 100 valence electrons. The molecule has 2 aromatic rings. The van der Waals surface area contributed by atoms with Crippen molar-refractivity contribution in [2.24, 2.45) is 0 Å². The lowest BCUT2D eigenvalue weighted by Crippen LogP contribution is -2.20. The van der Waals surface area contributed by atoms with Crippen molar-refractivity contribution in [3.8, 4) is 23.0 Å². The number of phenols is 4. The molecule has 4 N–H and O–H groups in total. The fourth-order valence-corrected chi connectivity index (χ4v) is 2.25. The quantitative estimate of drug-likeness (QED) is 0.458. The number of rotatable bonds is 0. The number of hydrogen-bond donors (Lipinski definition) is 4. The number of ketones is 2. The van der Waals surface area contributed by atoms with Crippen molar-refractivity contribution < 1.29 is 30.0 Å². The number of benzene rings is 2. The Morgan fingerprint density at radius 2 is 1.40 bits per heavy atom. The molecule has 0 spiro atoms. The number of fused-ring (bicyclic) bond motifs is 2. The second kappa shape index (κ2) is 3.74. The summed E-state index contributed by atoms with van der Waals surface area (Å²) in [7, 11) is 0. The predicted molar refractivity (Wildman–Crippen MR) is 66.4 cm³/mol. The molecule has 0 heterocycles. The number of carbonyl (C=O) groups excluding carboxylic acids is 2. The maximum Gasteiger partial charge on any atom is 0.201 e. The third-order valence-corrected chi connectivity index (χ3v) is 3.22. The van der Waals surface area contributed by atoms with Crippen molar-refractivity contribution in [1.82, 2.24) is 0 Å². The Hall–Kier alpha value is -3.02. The lowest BCUT2D eigenvalue weighted by molar-refractivity contribution is 0.0975. The summed E-state index contributed by atoms with van der Waals surface area (Å²) < 4.78 is 0. The molecule has 2 aromatic carbocycles. The molecule has 0 bridgehead atoms. The molecule has 20 heavy (non-hydrogen) atoms. The topological polar surface area (TPSA) is 115 Å². The fourth-order valence-electron chi connectivity index (χ4n) is 2.25. The highest BCUT2D eigenvalue weighted by Crippen LogP contribution is 2.43. The lowest BCUT2D eigenvalue weighted by atomic mass is 9.83. The molecule has 6 heteroatoms. The van der Waals surface area contributed by atoms with E-state index in [9.17, 15) is 30.0 Å². The first-order valence-electron chi connectivity index (χ1n) is 5.62. The molecule has 0 aromatic heterocycles. The third-order valence-electron chi connectivity index (χ3n) is 3.22. The minimum atomic E-state index is -0.855. The van der Waals surface area contributed by atoms with Crippen LogP contribution in [0.4, 0.5) is 0 Å². The molecule has 0 radical (unpaired) electrons. The van der Waals surface area contributed by atoms with E-state index in [2.05, 4.69) is 0 Å². The number of phenolic OH excluding ortho intramolecular Hbond substituents is 4. The first-order valence-corrected chi connectivity index (χ1v) is 5.62. The van der Waals surface area contributed by atoms with Crippen LogP contribution in [0.5, 0.6) is 23.0 Å². The SMILES string of the molecule is O=C1c2cc(O)ccc2C(=O)c2c1cc(O)c(O)c2O. The highest BCUT2D eigenvalue weighted by molar-refractivity contribution is 6.29. The Labute approximate surface area is 112 Å². The molecule has 3 rings (SSSR count). The van der Waals surface area contributed by atoms with Gasteiger partial charge in [-0.3, -0.25) is 9.59 Å². The Kier molecular flexibility index (Phi) is 2.25. The van der Waals surface area contributed by atoms with Crippen molar-refractivity contribution in [2.45, 2.75) is 0 Å². The molecule has 0 saturated heterocycles. The number of hydrogen-bond acceptors (Lipinski definition) is 6. The Morgan fingerprint density at radius 3 is 2.10 bits per heavy atom. The Morgan fingerprint density at radius 1 is 0.700 bits per heavy atom. The smallest absolute Gasteiger partial charge is 0.201 e. The first-order chi connectivity index (χ1) is 9.41. The summed E-state index contributed by atoms with van der Waals surface area (Å²) in [5.41, 5.74) is -0.586. The maximum absolute atomic E-state index is 12.3. The zero-order chi connectivity index (χ0) is 14.6. The zero-order valence-corrected chi connectivity index (χ0v) is 9.91. The lowest BCUT2D eigenvalue weighted by Gasteiger charge is -2.19. The molecule has 0 unspecified atom stereocenters. The molecular formula is C14H8O6. The Bertz CT molecular complexity index is 791. The summed E-state index contributed by atoms with van der Waals surface area (Å²) in [5.74, 6) is -3.87. The van der Waals surface area contributed by atoms with E-state index in [0.29, 0.717) is 0 Å². The molecule has 1 aliphatic carbocycles. The van der Waals surface area contributed by atoms with E-state index in [4.69, 9.17) is 0 Å². The minimum absolute atomic E-state index is 0.0145. The molecule has 0 fully saturated rings. The van der Waals surface area contributed by atoms with Gasteiger partial charge in [-0.15, -0.1) is 0 Å². The average Bonchev–Trinajstić information content (AvgIpc) is 2.41. The number of aromatic hydroxyl groups is 4. The van der Waals surface area contributed by atoms with Gasteiger partial charge in [0.15, 0.2) is 23.1 Å². The van der Waals surface area contributed by atoms with Gasteiger partial charge in [-0.1, -0.05) is 0 Å². The second-order valence-corrected chi connectivity index (χ2v) is 4.40. The van der Waals surface area contributed by atoms with Gasteiger partial charge in [0.25, 0.3) is 0 Å². The van der Waals surface area contributed by atoms with Crippen molar-refractivity contribution in [2.75, 3.05) is 0 Å². The minimum Gasteiger partial charge on any atom is -0.508 e. The van der Waals surface area contributed by atoms with Crippen LogP contribution < -0.4 is 0 Å². The van der Waals surface area contributed by atoms with Crippen LogP contribution in [0.15, 0.2) is 24.3 Å². The van der Waals surface area contributed by atoms with E-state index in [1.807, 2.05) is 0 Å². The summed E-state index contributed by atoms with van der Waals surface area (Å²) in [4.78, 5) is 24.5. The van der Waals surface area contributed by atoms with Crippen LogP contribution in [0, 0.1) is 0 Å². The van der Waals surface area contributed by atoms with Crippen LogP contribution in [-0.4, -0.2) is 32.0 Å². The van der Waals surface area contributed by atoms with Gasteiger partial charge >= 0.3 is 0 Å². The molecule has 0 saturated carbocycles. The van der Waals surface area contributed by atoms with Crippen LogP contribution in [0.3, 0.4) is 0 Å². The fraction of sp³-hybridized carbons (Fsp3) is 0. The normalized spacial score (nSPS) is 13.0. The van der Waals surface area contributed by atoms with Gasteiger partial charge < -0.3 is 20.4 Å². The third kappa shape index (κ3) is 1.38. The van der Waals surface area contributed by atoms with Crippen LogP contribution >= 0.6 is 0 Å². The van der Waals surface area contributed by atoms with Crippen LogP contribution in [-0.2, 0) is 0 Å². The highest BCUT2D eigenvalue weighted by atomic mass is 16.3. The van der Waals surface area contributed by atoms with E-state index in [1.54, 1.807) is 0 Å². The van der Waals surface area contributed by atoms with E-state index in [0.717, 1.165) is 12.1 Å². The molecule has 1 aliphatic rings. The summed E-state index contributed by atoms with van der Waals surface area (Å²) in [6.07, 6.45) is 0. The summed E-state index contributed by atoms with van der Waals surface area (Å²) in [5, 5.41) is 38.0. The molecule has 0 aliphatic heterocycles. The predicted octanol–water partition coefficient (Wildman–Crippen LogP) is 1.28. The van der Waals surface area contributed by atoms with Gasteiger partial charge in [-0.25, -0.2) is 0 Å². The van der Waals surface area contributed by atoms with Crippen LogP contribution in [0.1, 0.15) is 31.8 Å². The van der Waals surface area contributed by atoms with E-state index in [1.165, 1.54) is 12.1 Å². The van der Waals surface area contributed by atoms with Crippen molar-refractivity contribution in [1.29, 1.82) is 0 Å². The van der Waals surface area contributed by atoms with Gasteiger partial charge in [0.1, 0.15) is 5.75 Å². The van der Waals surface area contributed by atoms with E-state index in [-0.39, 0.29) is 28.0 Å². The van der Waals surface area contributed by atoms with Crippen molar-refractivity contribution >= 4 is 11.6 Å². The van der Waals surface area contributed by atoms with Crippen LogP contribution in [0.25, 0.3) is 0 Å². The van der Waals surface area contributed by atoms with Gasteiger partial charge in [0, 0.05) is 16.7 Å². The molecule has 0 atom stereocenters. The van der Waals surface area contributed by atoms with Gasteiger partial charge in [0.2, 0.25) is 5.75 Å². The summed E-state index contributed by atoms with van der Waals surface area (Å²) in [6.45, 7) is 0. The van der Waals surface area contributed by atoms with E-state index >= 15 is 0 Å². The van der Waals surface area contributed by atoms with Gasteiger partial charge in [0.05, 0.1) is 5.56 Å². The largest absolute Gasteiger partial charge is 0.508 e. The molecule has 6 nitrogen and oxygen atoms in total. The standard InChI is InChI=1S/C14H8O6/c15-5-1-2-6-7(3-5)11(17)8-4-9(16)13(19)14(20)10(8)12(6)18/h1-4,15-16,19-20H. The maximum atomic E-state index is 12.3. The summed E-state index contributed by atoms with van der Waals surface area (Å²) >= 11 is 0. The first kappa shape index (κ1) is 12.0. The average molecular weight is 272 g/mol. The highest BCUT2D eigenvalue weighted by Gasteiger charge is 2.34. The zero-order valence-electron chi connectivity index (χ0n) is 9.91. The van der Waals surface area contributed by atoms with Crippen molar-refractivity contribution in [3.05, 3.63) is 46.5 Å². The van der Waals surface area contributed by atoms with Gasteiger partial charge in [-0.2, -0.15) is 0 Å².